The SMILES string of the molecule is COCCN1C(=O)[C@@H]2[C@H](CCC(=O)O)N[C@@]3(C(=O)Nc4ccc(Br)cc43)[C@@H]2C1=O. The van der Waals surface area contributed by atoms with Gasteiger partial charge in [-0.3, -0.25) is 29.4 Å². The molecule has 1 spiro atoms. The predicted octanol–water partition coefficient (Wildman–Crippen LogP) is 0.681. The Balaban J connectivity index is 1.81. The Morgan fingerprint density at radius 2 is 2.07 bits per heavy atom. The molecule has 1 aromatic rings. The quantitative estimate of drug-likeness (QED) is 0.527. The van der Waals surface area contributed by atoms with Crippen LogP contribution in [0.3, 0.4) is 0 Å². The van der Waals surface area contributed by atoms with Crippen molar-refractivity contribution in [2.45, 2.75) is 24.4 Å². The van der Waals surface area contributed by atoms with Crippen LogP contribution in [0.2, 0.25) is 0 Å². The van der Waals surface area contributed by atoms with Gasteiger partial charge in [-0.05, 0) is 24.6 Å². The van der Waals surface area contributed by atoms with Crippen LogP contribution in [0.15, 0.2) is 22.7 Å². The Kier molecular flexibility index (Phi) is 4.96. The maximum atomic E-state index is 13.3. The van der Waals surface area contributed by atoms with E-state index in [0.29, 0.717) is 11.3 Å². The maximum absolute atomic E-state index is 13.3. The fourth-order valence-electron chi connectivity index (χ4n) is 4.76. The van der Waals surface area contributed by atoms with E-state index in [-0.39, 0.29) is 26.0 Å². The van der Waals surface area contributed by atoms with Gasteiger partial charge < -0.3 is 15.2 Å². The number of anilines is 1. The zero-order valence-electron chi connectivity index (χ0n) is 15.6. The number of carbonyl (C=O) groups is 4. The van der Waals surface area contributed by atoms with E-state index >= 15 is 0 Å². The number of benzene rings is 1. The summed E-state index contributed by atoms with van der Waals surface area (Å²) in [6.45, 7) is 0.279. The van der Waals surface area contributed by atoms with Gasteiger partial charge in [-0.1, -0.05) is 15.9 Å². The number of aliphatic carboxylic acids is 1. The lowest BCUT2D eigenvalue weighted by molar-refractivity contribution is -0.144. The van der Waals surface area contributed by atoms with E-state index in [0.717, 1.165) is 9.37 Å². The third-order valence-electron chi connectivity index (χ3n) is 5.96. The number of carbonyl (C=O) groups excluding carboxylic acids is 3. The van der Waals surface area contributed by atoms with Gasteiger partial charge >= 0.3 is 5.97 Å². The molecule has 2 saturated heterocycles. The largest absolute Gasteiger partial charge is 0.481 e. The minimum atomic E-state index is -1.42. The van der Waals surface area contributed by atoms with Crippen LogP contribution in [0.1, 0.15) is 18.4 Å². The second kappa shape index (κ2) is 7.19. The second-order valence-electron chi connectivity index (χ2n) is 7.46. The molecule has 4 rings (SSSR count). The highest BCUT2D eigenvalue weighted by Gasteiger charge is 2.70. The summed E-state index contributed by atoms with van der Waals surface area (Å²) in [5.74, 6) is -4.00. The van der Waals surface area contributed by atoms with Crippen molar-refractivity contribution in [1.29, 1.82) is 0 Å². The molecule has 1 aromatic carbocycles. The number of methoxy groups -OCH3 is 1. The van der Waals surface area contributed by atoms with Crippen LogP contribution in [-0.2, 0) is 29.5 Å². The molecule has 0 saturated carbocycles. The molecule has 4 atom stereocenters. The number of carboxylic acids is 1. The highest BCUT2D eigenvalue weighted by molar-refractivity contribution is 9.10. The monoisotopic (exact) mass is 465 g/mol. The Labute approximate surface area is 174 Å². The third kappa shape index (κ3) is 2.89. The summed E-state index contributed by atoms with van der Waals surface area (Å²) in [5.41, 5.74) is -0.264. The van der Waals surface area contributed by atoms with E-state index < -0.39 is 47.1 Å². The molecule has 29 heavy (non-hydrogen) atoms. The van der Waals surface area contributed by atoms with Crippen molar-refractivity contribution in [3.05, 3.63) is 28.2 Å². The van der Waals surface area contributed by atoms with Crippen molar-refractivity contribution in [3.63, 3.8) is 0 Å². The number of fused-ring (bicyclic) bond motifs is 4. The van der Waals surface area contributed by atoms with Crippen molar-refractivity contribution < 1.29 is 29.0 Å². The van der Waals surface area contributed by atoms with Crippen molar-refractivity contribution in [3.8, 4) is 0 Å². The number of nitrogens with zero attached hydrogens (tertiary/aromatic N) is 1. The summed E-state index contributed by atoms with van der Waals surface area (Å²) in [6.07, 6.45) is -0.0462. The fourth-order valence-corrected chi connectivity index (χ4v) is 5.13. The van der Waals surface area contributed by atoms with Crippen LogP contribution >= 0.6 is 15.9 Å². The molecule has 2 fully saturated rings. The molecular weight excluding hydrogens is 446 g/mol. The van der Waals surface area contributed by atoms with Crippen LogP contribution in [0.5, 0.6) is 0 Å². The van der Waals surface area contributed by atoms with Gasteiger partial charge in [0.05, 0.1) is 25.0 Å². The molecule has 3 aliphatic rings. The van der Waals surface area contributed by atoms with Gasteiger partial charge in [-0.2, -0.15) is 0 Å². The number of halogens is 1. The Morgan fingerprint density at radius 3 is 2.76 bits per heavy atom. The summed E-state index contributed by atoms with van der Waals surface area (Å²) >= 11 is 3.40. The van der Waals surface area contributed by atoms with Gasteiger partial charge in [-0.15, -0.1) is 0 Å². The molecule has 154 valence electrons. The molecule has 10 heteroatoms. The lowest BCUT2D eigenvalue weighted by Gasteiger charge is -2.29. The predicted molar refractivity (Wildman–Crippen MR) is 104 cm³/mol. The standard InChI is InChI=1S/C19H20BrN3O6/c1-29-7-6-23-16(26)14-12(4-5-13(24)25)22-19(15(14)17(23)27)10-8-9(20)2-3-11(10)21-18(19)28/h2-3,8,12,14-15,22H,4-7H2,1H3,(H,21,28)(H,24,25)/t12-,14+,15-,19+/m0/s1. The van der Waals surface area contributed by atoms with Gasteiger partial charge in [-0.25, -0.2) is 0 Å². The first-order valence-corrected chi connectivity index (χ1v) is 10.1. The number of ether oxygens (including phenoxy) is 1. The zero-order valence-corrected chi connectivity index (χ0v) is 17.2. The summed E-state index contributed by atoms with van der Waals surface area (Å²) in [6, 6.07) is 4.65. The average molecular weight is 466 g/mol. The van der Waals surface area contributed by atoms with Crippen LogP contribution in [0, 0.1) is 11.8 Å². The topological polar surface area (TPSA) is 125 Å². The normalized spacial score (nSPS) is 30.1. The first-order chi connectivity index (χ1) is 13.8. The molecule has 3 heterocycles. The number of imide groups is 1. The second-order valence-corrected chi connectivity index (χ2v) is 8.38. The van der Waals surface area contributed by atoms with Crippen LogP contribution in [-0.4, -0.2) is 60.0 Å². The third-order valence-corrected chi connectivity index (χ3v) is 6.45. The highest BCUT2D eigenvalue weighted by Crippen LogP contribution is 2.53. The molecular formula is C19H20BrN3O6. The number of hydrogen-bond acceptors (Lipinski definition) is 6. The molecule has 0 bridgehead atoms. The first-order valence-electron chi connectivity index (χ1n) is 9.26. The highest BCUT2D eigenvalue weighted by atomic mass is 79.9. The molecule has 3 N–H and O–H groups in total. The minimum absolute atomic E-state index is 0.0931. The lowest BCUT2D eigenvalue weighted by Crippen LogP contribution is -2.53. The molecule has 3 amide bonds. The summed E-state index contributed by atoms with van der Waals surface area (Å²) in [5, 5.41) is 15.1. The van der Waals surface area contributed by atoms with E-state index in [9.17, 15) is 19.2 Å². The van der Waals surface area contributed by atoms with E-state index in [1.807, 2.05) is 0 Å². The van der Waals surface area contributed by atoms with Crippen LogP contribution in [0.25, 0.3) is 0 Å². The van der Waals surface area contributed by atoms with Gasteiger partial charge in [0, 0.05) is 35.3 Å². The Morgan fingerprint density at radius 1 is 1.31 bits per heavy atom. The van der Waals surface area contributed by atoms with E-state index in [1.165, 1.54) is 7.11 Å². The first kappa shape index (κ1) is 20.0. The van der Waals surface area contributed by atoms with Gasteiger partial charge in [0.2, 0.25) is 17.7 Å². The number of rotatable bonds is 6. The summed E-state index contributed by atoms with van der Waals surface area (Å²) in [7, 11) is 1.47. The van der Waals surface area contributed by atoms with Crippen molar-refractivity contribution in [1.82, 2.24) is 10.2 Å². The minimum Gasteiger partial charge on any atom is -0.481 e. The van der Waals surface area contributed by atoms with E-state index in [2.05, 4.69) is 26.6 Å². The molecule has 0 aromatic heterocycles. The maximum Gasteiger partial charge on any atom is 0.303 e. The fraction of sp³-hybridized carbons (Fsp3) is 0.474. The zero-order chi connectivity index (χ0) is 20.9. The number of hydrogen-bond donors (Lipinski definition) is 3. The van der Waals surface area contributed by atoms with Gasteiger partial charge in [0.15, 0.2) is 0 Å². The van der Waals surface area contributed by atoms with Gasteiger partial charge in [0.25, 0.3) is 0 Å². The molecule has 9 nitrogen and oxygen atoms in total. The number of carboxylic acid groups (broad SMARTS) is 1. The van der Waals surface area contributed by atoms with Crippen molar-refractivity contribution >= 4 is 45.3 Å². The Hall–Kier alpha value is -2.30. The molecule has 3 aliphatic heterocycles. The number of nitrogens with one attached hydrogen (secondary N) is 2. The molecule has 0 radical (unpaired) electrons. The van der Waals surface area contributed by atoms with Crippen LogP contribution in [0.4, 0.5) is 5.69 Å². The smallest absolute Gasteiger partial charge is 0.303 e. The lowest BCUT2D eigenvalue weighted by atomic mass is 9.76. The molecule has 0 aliphatic carbocycles. The Bertz CT molecular complexity index is 921. The van der Waals surface area contributed by atoms with E-state index in [1.54, 1.807) is 18.2 Å². The van der Waals surface area contributed by atoms with E-state index in [4.69, 9.17) is 9.84 Å². The van der Waals surface area contributed by atoms with Crippen LogP contribution < -0.4 is 10.6 Å². The summed E-state index contributed by atoms with van der Waals surface area (Å²) < 4.78 is 5.74. The van der Waals surface area contributed by atoms with Crippen molar-refractivity contribution in [2.24, 2.45) is 11.8 Å². The number of amides is 3. The number of likely N-dealkylation sites (tertiary alicyclic amines) is 1. The van der Waals surface area contributed by atoms with Crippen molar-refractivity contribution in [2.75, 3.05) is 25.6 Å². The van der Waals surface area contributed by atoms with Gasteiger partial charge in [0.1, 0.15) is 5.54 Å². The average Bonchev–Trinajstić information content (AvgIpc) is 3.24. The summed E-state index contributed by atoms with van der Waals surface area (Å²) in [4.78, 5) is 51.8. The molecule has 0 unspecified atom stereocenters.